The molecule has 0 spiro atoms. The Balaban J connectivity index is 2.12. The molecular weight excluding hydrogens is 166 g/mol. The van der Waals surface area contributed by atoms with Crippen LogP contribution >= 0.6 is 0 Å². The Labute approximate surface area is 79.8 Å². The van der Waals surface area contributed by atoms with Crippen molar-refractivity contribution in [1.82, 2.24) is 5.32 Å². The van der Waals surface area contributed by atoms with E-state index in [1.807, 2.05) is 0 Å². The molecule has 1 rings (SSSR count). The molecule has 3 heteroatoms. The third-order valence-corrected chi connectivity index (χ3v) is 2.78. The summed E-state index contributed by atoms with van der Waals surface area (Å²) in [5, 5.41) is 3.22. The number of nitrogens with one attached hydrogen (secondary N) is 1. The molecule has 1 saturated carbocycles. The lowest BCUT2D eigenvalue weighted by molar-refractivity contribution is -0.139. The lowest BCUT2D eigenvalue weighted by Gasteiger charge is -2.26. The van der Waals surface area contributed by atoms with Gasteiger partial charge >= 0.3 is 5.97 Å². The molecule has 0 amide bonds. The van der Waals surface area contributed by atoms with Gasteiger partial charge in [0.05, 0.1) is 13.7 Å². The number of hydrogen-bond acceptors (Lipinski definition) is 3. The minimum atomic E-state index is -0.168. The van der Waals surface area contributed by atoms with Gasteiger partial charge in [0.2, 0.25) is 0 Å². The molecule has 0 radical (unpaired) electrons. The van der Waals surface area contributed by atoms with Gasteiger partial charge < -0.3 is 10.1 Å². The maximum absolute atomic E-state index is 10.8. The van der Waals surface area contributed by atoms with Crippen molar-refractivity contribution >= 4 is 5.97 Å². The Bertz CT molecular complexity index is 162. The van der Waals surface area contributed by atoms with Gasteiger partial charge in [-0.1, -0.05) is 6.92 Å². The van der Waals surface area contributed by atoms with Gasteiger partial charge in [-0.2, -0.15) is 0 Å². The number of carbonyl (C=O) groups is 1. The fourth-order valence-electron chi connectivity index (χ4n) is 1.76. The van der Waals surface area contributed by atoms with Crippen molar-refractivity contribution in [2.24, 2.45) is 5.92 Å². The summed E-state index contributed by atoms with van der Waals surface area (Å²) in [6.45, 7) is 2.64. The molecule has 0 aromatic heterocycles. The molecule has 0 aromatic rings. The summed E-state index contributed by atoms with van der Waals surface area (Å²) in [5.74, 6) is 0.690. The zero-order chi connectivity index (χ0) is 9.68. The molecule has 1 aliphatic rings. The highest BCUT2D eigenvalue weighted by atomic mass is 16.5. The first-order valence-electron chi connectivity index (χ1n) is 5.02. The maximum Gasteiger partial charge on any atom is 0.319 e. The van der Waals surface area contributed by atoms with E-state index in [1.54, 1.807) is 0 Å². The SMILES string of the molecule is COC(=O)CNC1CCC(C)CC1. The molecule has 76 valence electrons. The van der Waals surface area contributed by atoms with E-state index >= 15 is 0 Å². The second-order valence-electron chi connectivity index (χ2n) is 3.91. The first-order chi connectivity index (χ1) is 6.22. The van der Waals surface area contributed by atoms with Crippen LogP contribution in [0.5, 0.6) is 0 Å². The Morgan fingerprint density at radius 3 is 2.54 bits per heavy atom. The van der Waals surface area contributed by atoms with Crippen molar-refractivity contribution in [2.75, 3.05) is 13.7 Å². The Kier molecular flexibility index (Phi) is 4.22. The van der Waals surface area contributed by atoms with Crippen LogP contribution in [0.25, 0.3) is 0 Å². The largest absolute Gasteiger partial charge is 0.468 e. The van der Waals surface area contributed by atoms with E-state index in [4.69, 9.17) is 0 Å². The number of rotatable bonds is 3. The van der Waals surface area contributed by atoms with Crippen molar-refractivity contribution in [1.29, 1.82) is 0 Å². The van der Waals surface area contributed by atoms with Crippen LogP contribution in [0.2, 0.25) is 0 Å². The highest BCUT2D eigenvalue weighted by Crippen LogP contribution is 2.23. The molecule has 0 bridgehead atoms. The van der Waals surface area contributed by atoms with E-state index in [-0.39, 0.29) is 5.97 Å². The highest BCUT2D eigenvalue weighted by molar-refractivity contribution is 5.71. The van der Waals surface area contributed by atoms with E-state index in [9.17, 15) is 4.79 Å². The Morgan fingerprint density at radius 1 is 1.38 bits per heavy atom. The molecule has 0 unspecified atom stereocenters. The summed E-state index contributed by atoms with van der Waals surface area (Å²) in [4.78, 5) is 10.8. The molecule has 3 nitrogen and oxygen atoms in total. The standard InChI is InChI=1S/C10H19NO2/c1-8-3-5-9(6-4-8)11-7-10(12)13-2/h8-9,11H,3-7H2,1-2H3. The van der Waals surface area contributed by atoms with Crippen LogP contribution < -0.4 is 5.32 Å². The van der Waals surface area contributed by atoms with Crippen LogP contribution in [0, 0.1) is 5.92 Å². The van der Waals surface area contributed by atoms with Crippen LogP contribution in [-0.2, 0) is 9.53 Å². The van der Waals surface area contributed by atoms with Gasteiger partial charge in [0.25, 0.3) is 0 Å². The van der Waals surface area contributed by atoms with Crippen molar-refractivity contribution in [3.05, 3.63) is 0 Å². The van der Waals surface area contributed by atoms with E-state index in [0.717, 1.165) is 5.92 Å². The third kappa shape index (κ3) is 3.77. The summed E-state index contributed by atoms with van der Waals surface area (Å²) >= 11 is 0. The van der Waals surface area contributed by atoms with Crippen molar-refractivity contribution in [3.63, 3.8) is 0 Å². The fraction of sp³-hybridized carbons (Fsp3) is 0.900. The van der Waals surface area contributed by atoms with Crippen LogP contribution in [0.4, 0.5) is 0 Å². The average Bonchev–Trinajstić information content (AvgIpc) is 2.16. The second-order valence-corrected chi connectivity index (χ2v) is 3.91. The zero-order valence-corrected chi connectivity index (χ0v) is 8.51. The van der Waals surface area contributed by atoms with Gasteiger partial charge in [-0.05, 0) is 31.6 Å². The van der Waals surface area contributed by atoms with E-state index in [2.05, 4.69) is 17.0 Å². The quantitative estimate of drug-likeness (QED) is 0.674. The Hall–Kier alpha value is -0.570. The molecule has 13 heavy (non-hydrogen) atoms. The monoisotopic (exact) mass is 185 g/mol. The molecule has 0 heterocycles. The molecule has 1 N–H and O–H groups in total. The lowest BCUT2D eigenvalue weighted by atomic mass is 9.87. The first-order valence-corrected chi connectivity index (χ1v) is 5.02. The van der Waals surface area contributed by atoms with Gasteiger partial charge in [-0.15, -0.1) is 0 Å². The summed E-state index contributed by atoms with van der Waals surface area (Å²) in [5.41, 5.74) is 0. The minimum absolute atomic E-state index is 0.168. The van der Waals surface area contributed by atoms with Crippen molar-refractivity contribution in [2.45, 2.75) is 38.6 Å². The van der Waals surface area contributed by atoms with Crippen LogP contribution in [0.3, 0.4) is 0 Å². The van der Waals surface area contributed by atoms with Gasteiger partial charge in [-0.3, -0.25) is 4.79 Å². The third-order valence-electron chi connectivity index (χ3n) is 2.78. The van der Waals surface area contributed by atoms with Crippen LogP contribution in [0.15, 0.2) is 0 Å². The molecule has 1 aliphatic carbocycles. The minimum Gasteiger partial charge on any atom is -0.468 e. The average molecular weight is 185 g/mol. The first kappa shape index (κ1) is 10.5. The van der Waals surface area contributed by atoms with Gasteiger partial charge in [0.15, 0.2) is 0 Å². The van der Waals surface area contributed by atoms with Crippen molar-refractivity contribution < 1.29 is 9.53 Å². The molecule has 0 saturated heterocycles. The van der Waals surface area contributed by atoms with Crippen LogP contribution in [0.1, 0.15) is 32.6 Å². The fourth-order valence-corrected chi connectivity index (χ4v) is 1.76. The number of carbonyl (C=O) groups excluding carboxylic acids is 1. The predicted molar refractivity (Wildman–Crippen MR) is 51.4 cm³/mol. The summed E-state index contributed by atoms with van der Waals surface area (Å²) < 4.78 is 4.56. The summed E-state index contributed by atoms with van der Waals surface area (Å²) in [7, 11) is 1.42. The van der Waals surface area contributed by atoms with Crippen molar-refractivity contribution in [3.8, 4) is 0 Å². The molecule has 0 aliphatic heterocycles. The van der Waals surface area contributed by atoms with E-state index in [0.29, 0.717) is 12.6 Å². The Morgan fingerprint density at radius 2 is 2.00 bits per heavy atom. The summed E-state index contributed by atoms with van der Waals surface area (Å²) in [6, 6.07) is 0.523. The van der Waals surface area contributed by atoms with Gasteiger partial charge in [0, 0.05) is 6.04 Å². The highest BCUT2D eigenvalue weighted by Gasteiger charge is 2.18. The second kappa shape index (κ2) is 5.22. The number of ether oxygens (including phenoxy) is 1. The molecule has 0 aromatic carbocycles. The lowest BCUT2D eigenvalue weighted by Crippen LogP contribution is -2.36. The molecule has 0 atom stereocenters. The van der Waals surface area contributed by atoms with Gasteiger partial charge in [0.1, 0.15) is 0 Å². The number of esters is 1. The summed E-state index contributed by atoms with van der Waals surface area (Å²) in [6.07, 6.45) is 4.94. The normalized spacial score (nSPS) is 28.5. The molecular formula is C10H19NO2. The topological polar surface area (TPSA) is 38.3 Å². The van der Waals surface area contributed by atoms with Gasteiger partial charge in [-0.25, -0.2) is 0 Å². The smallest absolute Gasteiger partial charge is 0.319 e. The maximum atomic E-state index is 10.8. The number of hydrogen-bond donors (Lipinski definition) is 1. The van der Waals surface area contributed by atoms with E-state index < -0.39 is 0 Å². The predicted octanol–water partition coefficient (Wildman–Crippen LogP) is 1.33. The zero-order valence-electron chi connectivity index (χ0n) is 8.51. The van der Waals surface area contributed by atoms with E-state index in [1.165, 1.54) is 32.8 Å². The van der Waals surface area contributed by atoms with Crippen LogP contribution in [-0.4, -0.2) is 25.7 Å². The molecule has 1 fully saturated rings. The number of methoxy groups -OCH3 is 1.